The van der Waals surface area contributed by atoms with E-state index < -0.39 is 0 Å². The number of aliphatic imine (C=N–C) groups is 1. The number of anilines is 1. The van der Waals surface area contributed by atoms with Crippen LogP contribution in [0.1, 0.15) is 31.2 Å². The van der Waals surface area contributed by atoms with Crippen molar-refractivity contribution < 1.29 is 4.79 Å². The maximum Gasteiger partial charge on any atom is 0.222 e. The van der Waals surface area contributed by atoms with Crippen LogP contribution in [-0.4, -0.2) is 43.0 Å². The molecule has 1 saturated heterocycles. The molecule has 1 saturated carbocycles. The highest BCUT2D eigenvalue weighted by atomic mass is 16.1. The van der Waals surface area contributed by atoms with Crippen LogP contribution < -0.4 is 21.3 Å². The number of aromatic nitrogens is 1. The van der Waals surface area contributed by atoms with E-state index in [-0.39, 0.29) is 11.8 Å². The molecule has 3 rings (SSSR count). The van der Waals surface area contributed by atoms with E-state index in [1.54, 1.807) is 13.2 Å². The molecule has 1 aromatic heterocycles. The lowest BCUT2D eigenvalue weighted by Gasteiger charge is -2.33. The van der Waals surface area contributed by atoms with Crippen LogP contribution in [0.4, 0.5) is 5.82 Å². The van der Waals surface area contributed by atoms with Gasteiger partial charge in [0.2, 0.25) is 5.91 Å². The van der Waals surface area contributed by atoms with Crippen LogP contribution in [0.25, 0.3) is 0 Å². The lowest BCUT2D eigenvalue weighted by Crippen LogP contribution is -2.42. The summed E-state index contributed by atoms with van der Waals surface area (Å²) in [4.78, 5) is 22.5. The molecule has 24 heavy (non-hydrogen) atoms. The quantitative estimate of drug-likeness (QED) is 0.543. The van der Waals surface area contributed by atoms with Crippen molar-refractivity contribution >= 4 is 17.7 Å². The SMILES string of the molecule is CN=C(NCc1cccnc1N1CCCC(C(N)=O)C1)NC1CC1. The minimum atomic E-state index is -0.218. The van der Waals surface area contributed by atoms with Gasteiger partial charge in [0.1, 0.15) is 5.82 Å². The van der Waals surface area contributed by atoms with E-state index in [0.29, 0.717) is 19.1 Å². The van der Waals surface area contributed by atoms with Crippen molar-refractivity contribution in [2.24, 2.45) is 16.6 Å². The number of nitrogens with one attached hydrogen (secondary N) is 2. The van der Waals surface area contributed by atoms with Gasteiger partial charge in [0.25, 0.3) is 0 Å². The van der Waals surface area contributed by atoms with Crippen molar-refractivity contribution in [3.8, 4) is 0 Å². The second-order valence-electron chi connectivity index (χ2n) is 6.52. The summed E-state index contributed by atoms with van der Waals surface area (Å²) >= 11 is 0. The summed E-state index contributed by atoms with van der Waals surface area (Å²) in [6, 6.07) is 4.56. The van der Waals surface area contributed by atoms with Crippen LogP contribution >= 0.6 is 0 Å². The molecule has 1 atom stereocenters. The smallest absolute Gasteiger partial charge is 0.222 e. The number of rotatable bonds is 5. The molecule has 2 fully saturated rings. The zero-order valence-electron chi connectivity index (χ0n) is 14.2. The number of carbonyl (C=O) groups excluding carboxylic acids is 1. The summed E-state index contributed by atoms with van der Waals surface area (Å²) in [6.45, 7) is 2.20. The predicted octanol–water partition coefficient (Wildman–Crippen LogP) is 0.611. The Morgan fingerprint density at radius 3 is 3.00 bits per heavy atom. The highest BCUT2D eigenvalue weighted by Crippen LogP contribution is 2.24. The van der Waals surface area contributed by atoms with E-state index >= 15 is 0 Å². The fourth-order valence-electron chi connectivity index (χ4n) is 3.05. The van der Waals surface area contributed by atoms with E-state index in [1.165, 1.54) is 12.8 Å². The molecule has 0 spiro atoms. The molecule has 0 aromatic carbocycles. The molecule has 1 aromatic rings. The third-order valence-corrected chi connectivity index (χ3v) is 4.58. The van der Waals surface area contributed by atoms with Gasteiger partial charge >= 0.3 is 0 Å². The lowest BCUT2D eigenvalue weighted by molar-refractivity contribution is -0.122. The van der Waals surface area contributed by atoms with Crippen molar-refractivity contribution in [1.82, 2.24) is 15.6 Å². The van der Waals surface area contributed by atoms with Gasteiger partial charge in [0.15, 0.2) is 5.96 Å². The standard InChI is InChI=1S/C17H26N6O/c1-19-17(22-14-6-7-14)21-10-12-4-2-8-20-16(12)23-9-3-5-13(11-23)15(18)24/h2,4,8,13-14H,3,5-7,9-11H2,1H3,(H2,18,24)(H2,19,21,22). The topological polar surface area (TPSA) is 95.6 Å². The second-order valence-corrected chi connectivity index (χ2v) is 6.52. The summed E-state index contributed by atoms with van der Waals surface area (Å²) < 4.78 is 0. The maximum absolute atomic E-state index is 11.5. The Morgan fingerprint density at radius 2 is 2.29 bits per heavy atom. The van der Waals surface area contributed by atoms with Crippen molar-refractivity contribution in [2.75, 3.05) is 25.0 Å². The van der Waals surface area contributed by atoms with Gasteiger partial charge in [0, 0.05) is 44.5 Å². The Hall–Kier alpha value is -2.31. The number of carbonyl (C=O) groups is 1. The number of piperidine rings is 1. The number of pyridine rings is 1. The Labute approximate surface area is 142 Å². The number of guanidine groups is 1. The van der Waals surface area contributed by atoms with E-state index in [2.05, 4.69) is 31.6 Å². The first kappa shape index (κ1) is 16.5. The average Bonchev–Trinajstić information content (AvgIpc) is 3.43. The molecule has 1 aliphatic heterocycles. The van der Waals surface area contributed by atoms with Crippen molar-refractivity contribution in [3.05, 3.63) is 23.9 Å². The molecule has 0 bridgehead atoms. The molecular formula is C17H26N6O. The molecular weight excluding hydrogens is 304 g/mol. The number of hydrogen-bond donors (Lipinski definition) is 3. The van der Waals surface area contributed by atoms with Crippen LogP contribution in [-0.2, 0) is 11.3 Å². The second kappa shape index (κ2) is 7.51. The third-order valence-electron chi connectivity index (χ3n) is 4.58. The number of amides is 1. The number of hydrogen-bond acceptors (Lipinski definition) is 4. The molecule has 1 aliphatic carbocycles. The van der Waals surface area contributed by atoms with Crippen LogP contribution in [0.2, 0.25) is 0 Å². The number of nitrogens with zero attached hydrogens (tertiary/aromatic N) is 3. The van der Waals surface area contributed by atoms with Crippen LogP contribution in [0.5, 0.6) is 0 Å². The van der Waals surface area contributed by atoms with Gasteiger partial charge < -0.3 is 21.3 Å². The Kier molecular flexibility index (Phi) is 5.17. The molecule has 1 amide bonds. The molecule has 2 aliphatic rings. The maximum atomic E-state index is 11.5. The summed E-state index contributed by atoms with van der Waals surface area (Å²) in [5, 5.41) is 6.73. The first-order valence-corrected chi connectivity index (χ1v) is 8.62. The van der Waals surface area contributed by atoms with Gasteiger partial charge in [0.05, 0.1) is 5.92 Å². The van der Waals surface area contributed by atoms with Gasteiger partial charge in [-0.25, -0.2) is 4.98 Å². The normalized spacial score (nSPS) is 21.5. The molecule has 0 radical (unpaired) electrons. The highest BCUT2D eigenvalue weighted by Gasteiger charge is 2.26. The fourth-order valence-corrected chi connectivity index (χ4v) is 3.05. The van der Waals surface area contributed by atoms with Crippen molar-refractivity contribution in [1.29, 1.82) is 0 Å². The van der Waals surface area contributed by atoms with Gasteiger partial charge in [-0.05, 0) is 31.7 Å². The first-order valence-electron chi connectivity index (χ1n) is 8.62. The molecule has 7 nitrogen and oxygen atoms in total. The van der Waals surface area contributed by atoms with Gasteiger partial charge in [-0.15, -0.1) is 0 Å². The third kappa shape index (κ3) is 4.15. The van der Waals surface area contributed by atoms with Crippen molar-refractivity contribution in [2.45, 2.75) is 38.3 Å². The van der Waals surface area contributed by atoms with Crippen LogP contribution in [0.15, 0.2) is 23.3 Å². The Morgan fingerprint density at radius 1 is 1.46 bits per heavy atom. The van der Waals surface area contributed by atoms with E-state index in [4.69, 9.17) is 5.73 Å². The van der Waals surface area contributed by atoms with E-state index in [1.807, 2.05) is 6.07 Å². The number of primary amides is 1. The van der Waals surface area contributed by atoms with E-state index in [9.17, 15) is 4.79 Å². The Balaban J connectivity index is 1.67. The average molecular weight is 330 g/mol. The molecule has 7 heteroatoms. The van der Waals surface area contributed by atoms with Gasteiger partial charge in [-0.2, -0.15) is 0 Å². The molecule has 130 valence electrons. The summed E-state index contributed by atoms with van der Waals surface area (Å²) in [6.07, 6.45) is 6.04. The molecule has 2 heterocycles. The summed E-state index contributed by atoms with van der Waals surface area (Å²) in [5.41, 5.74) is 6.59. The monoisotopic (exact) mass is 330 g/mol. The predicted molar refractivity (Wildman–Crippen MR) is 94.7 cm³/mol. The van der Waals surface area contributed by atoms with Crippen LogP contribution in [0.3, 0.4) is 0 Å². The minimum Gasteiger partial charge on any atom is -0.369 e. The zero-order valence-corrected chi connectivity index (χ0v) is 14.2. The summed E-state index contributed by atoms with van der Waals surface area (Å²) in [7, 11) is 1.78. The van der Waals surface area contributed by atoms with Gasteiger partial charge in [-0.3, -0.25) is 9.79 Å². The number of nitrogens with two attached hydrogens (primary N) is 1. The fraction of sp³-hybridized carbons (Fsp3) is 0.588. The largest absolute Gasteiger partial charge is 0.369 e. The van der Waals surface area contributed by atoms with E-state index in [0.717, 1.165) is 36.7 Å². The summed E-state index contributed by atoms with van der Waals surface area (Å²) in [5.74, 6) is 1.44. The first-order chi connectivity index (χ1) is 11.7. The molecule has 4 N–H and O–H groups in total. The Bertz CT molecular complexity index is 613. The van der Waals surface area contributed by atoms with Gasteiger partial charge in [-0.1, -0.05) is 6.07 Å². The van der Waals surface area contributed by atoms with Crippen molar-refractivity contribution in [3.63, 3.8) is 0 Å². The minimum absolute atomic E-state index is 0.0918. The van der Waals surface area contributed by atoms with Crippen LogP contribution in [0, 0.1) is 5.92 Å². The highest BCUT2D eigenvalue weighted by molar-refractivity contribution is 5.80. The molecule has 1 unspecified atom stereocenters. The zero-order chi connectivity index (χ0) is 16.9. The lowest BCUT2D eigenvalue weighted by atomic mass is 9.97.